The van der Waals surface area contributed by atoms with E-state index in [1.54, 1.807) is 0 Å². The molecule has 1 fully saturated rings. The molecule has 2 unspecified atom stereocenters. The van der Waals surface area contributed by atoms with E-state index in [0.29, 0.717) is 5.25 Å². The van der Waals surface area contributed by atoms with E-state index in [1.807, 2.05) is 24.2 Å². The summed E-state index contributed by atoms with van der Waals surface area (Å²) in [7, 11) is 0. The van der Waals surface area contributed by atoms with Crippen molar-refractivity contribution in [2.75, 3.05) is 12.3 Å². The Balaban J connectivity index is 1.68. The predicted octanol–water partition coefficient (Wildman–Crippen LogP) is 2.32. The van der Waals surface area contributed by atoms with Gasteiger partial charge in [-0.2, -0.15) is 11.8 Å². The Morgan fingerprint density at radius 3 is 2.81 bits per heavy atom. The molecule has 1 saturated heterocycles. The second-order valence-corrected chi connectivity index (χ2v) is 6.90. The van der Waals surface area contributed by atoms with Crippen molar-refractivity contribution in [3.05, 3.63) is 41.7 Å². The normalized spacial score (nSPS) is 25.5. The second-order valence-electron chi connectivity index (χ2n) is 5.59. The molecule has 110 valence electrons. The number of nitrogens with one attached hydrogen (secondary N) is 1. The van der Waals surface area contributed by atoms with Crippen molar-refractivity contribution < 1.29 is 0 Å². The standard InChI is InChI=1S/C15H19N5S/c1-2-10-21-12(3-1)14-18-19-15-13(17-8-9-20(14)15)11-4-6-16-7-5-11/h4-7,12-13,17H,1-3,8-10H2. The van der Waals surface area contributed by atoms with Crippen molar-refractivity contribution in [3.63, 3.8) is 0 Å². The predicted molar refractivity (Wildman–Crippen MR) is 83.2 cm³/mol. The zero-order valence-electron chi connectivity index (χ0n) is 11.9. The highest BCUT2D eigenvalue weighted by molar-refractivity contribution is 7.99. The number of nitrogens with zero attached hydrogens (tertiary/aromatic N) is 4. The van der Waals surface area contributed by atoms with Crippen LogP contribution in [0.15, 0.2) is 24.5 Å². The maximum Gasteiger partial charge on any atom is 0.154 e. The highest BCUT2D eigenvalue weighted by Crippen LogP contribution is 2.38. The third-order valence-corrected chi connectivity index (χ3v) is 5.63. The van der Waals surface area contributed by atoms with Crippen LogP contribution < -0.4 is 5.32 Å². The summed E-state index contributed by atoms with van der Waals surface area (Å²) < 4.78 is 2.34. The first-order valence-electron chi connectivity index (χ1n) is 7.61. The number of thioether (sulfide) groups is 1. The van der Waals surface area contributed by atoms with Crippen molar-refractivity contribution in [2.45, 2.75) is 37.1 Å². The van der Waals surface area contributed by atoms with Crippen LogP contribution in [0.3, 0.4) is 0 Å². The van der Waals surface area contributed by atoms with Crippen LogP contribution in [0.4, 0.5) is 0 Å². The third-order valence-electron chi connectivity index (χ3n) is 4.26. The molecule has 0 saturated carbocycles. The minimum absolute atomic E-state index is 0.136. The molecule has 2 aromatic heterocycles. The molecule has 5 nitrogen and oxygen atoms in total. The van der Waals surface area contributed by atoms with Crippen LogP contribution in [0, 0.1) is 0 Å². The molecule has 21 heavy (non-hydrogen) atoms. The summed E-state index contributed by atoms with van der Waals surface area (Å²) in [4.78, 5) is 4.10. The molecular formula is C15H19N5S. The molecule has 1 N–H and O–H groups in total. The van der Waals surface area contributed by atoms with Gasteiger partial charge < -0.3 is 9.88 Å². The van der Waals surface area contributed by atoms with Crippen molar-refractivity contribution in [1.82, 2.24) is 25.1 Å². The average molecular weight is 301 g/mol. The summed E-state index contributed by atoms with van der Waals surface area (Å²) >= 11 is 2.04. The summed E-state index contributed by atoms with van der Waals surface area (Å²) in [6, 6.07) is 4.24. The molecule has 6 heteroatoms. The molecule has 0 aliphatic carbocycles. The summed E-state index contributed by atoms with van der Waals surface area (Å²) in [5, 5.41) is 13.1. The van der Waals surface area contributed by atoms with Crippen LogP contribution in [0.5, 0.6) is 0 Å². The fourth-order valence-corrected chi connectivity index (χ4v) is 4.50. The first-order valence-corrected chi connectivity index (χ1v) is 8.66. The molecule has 2 atom stereocenters. The molecule has 4 rings (SSSR count). The molecule has 2 aliphatic heterocycles. The topological polar surface area (TPSA) is 55.6 Å². The number of aromatic nitrogens is 4. The van der Waals surface area contributed by atoms with E-state index in [2.05, 4.69) is 37.2 Å². The molecule has 0 radical (unpaired) electrons. The lowest BCUT2D eigenvalue weighted by molar-refractivity contribution is 0.443. The van der Waals surface area contributed by atoms with Crippen LogP contribution in [0.2, 0.25) is 0 Å². The Hall–Kier alpha value is -1.40. The number of pyridine rings is 1. The van der Waals surface area contributed by atoms with E-state index in [9.17, 15) is 0 Å². The minimum Gasteiger partial charge on any atom is -0.311 e. The van der Waals surface area contributed by atoms with Gasteiger partial charge >= 0.3 is 0 Å². The SMILES string of the molecule is c1cc(C2NCCn3c(C4CCCCS4)nnc32)ccn1. The third kappa shape index (κ3) is 2.46. The smallest absolute Gasteiger partial charge is 0.154 e. The van der Waals surface area contributed by atoms with Crippen LogP contribution >= 0.6 is 11.8 Å². The Kier molecular flexibility index (Phi) is 3.65. The minimum atomic E-state index is 0.136. The van der Waals surface area contributed by atoms with Gasteiger partial charge in [-0.25, -0.2) is 0 Å². The Morgan fingerprint density at radius 1 is 1.14 bits per heavy atom. The van der Waals surface area contributed by atoms with E-state index in [4.69, 9.17) is 0 Å². The van der Waals surface area contributed by atoms with E-state index in [0.717, 1.165) is 18.9 Å². The van der Waals surface area contributed by atoms with Gasteiger partial charge in [0, 0.05) is 25.5 Å². The number of rotatable bonds is 2. The number of hydrogen-bond donors (Lipinski definition) is 1. The van der Waals surface area contributed by atoms with Gasteiger partial charge in [0.25, 0.3) is 0 Å². The van der Waals surface area contributed by atoms with Crippen molar-refractivity contribution in [2.24, 2.45) is 0 Å². The molecule has 0 amide bonds. The van der Waals surface area contributed by atoms with Crippen LogP contribution in [0.25, 0.3) is 0 Å². The summed E-state index contributed by atoms with van der Waals surface area (Å²) in [5.74, 6) is 3.47. The molecular weight excluding hydrogens is 282 g/mol. The summed E-state index contributed by atoms with van der Waals surface area (Å²) in [6.45, 7) is 1.93. The largest absolute Gasteiger partial charge is 0.311 e. The van der Waals surface area contributed by atoms with Gasteiger partial charge in [-0.15, -0.1) is 10.2 Å². The van der Waals surface area contributed by atoms with E-state index >= 15 is 0 Å². The van der Waals surface area contributed by atoms with Gasteiger partial charge in [-0.1, -0.05) is 6.42 Å². The van der Waals surface area contributed by atoms with Gasteiger partial charge in [-0.05, 0) is 36.3 Å². The number of fused-ring (bicyclic) bond motifs is 1. The maximum absolute atomic E-state index is 4.53. The monoisotopic (exact) mass is 301 g/mol. The van der Waals surface area contributed by atoms with Crippen molar-refractivity contribution in [1.29, 1.82) is 0 Å². The Labute approximate surface area is 128 Å². The Morgan fingerprint density at radius 2 is 2.00 bits per heavy atom. The van der Waals surface area contributed by atoms with Gasteiger partial charge in [-0.3, -0.25) is 4.98 Å². The molecule has 2 aliphatic rings. The van der Waals surface area contributed by atoms with E-state index < -0.39 is 0 Å². The fourth-order valence-electron chi connectivity index (χ4n) is 3.19. The first-order chi connectivity index (χ1) is 10.4. The van der Waals surface area contributed by atoms with Gasteiger partial charge in [0.2, 0.25) is 0 Å². The van der Waals surface area contributed by atoms with Gasteiger partial charge in [0.1, 0.15) is 5.82 Å². The lowest BCUT2D eigenvalue weighted by atomic mass is 10.1. The van der Waals surface area contributed by atoms with Crippen molar-refractivity contribution in [3.8, 4) is 0 Å². The molecule has 0 aromatic carbocycles. The van der Waals surface area contributed by atoms with Crippen molar-refractivity contribution >= 4 is 11.8 Å². The zero-order valence-corrected chi connectivity index (χ0v) is 12.7. The average Bonchev–Trinajstić information content (AvgIpc) is 3.00. The Bertz CT molecular complexity index is 606. The van der Waals surface area contributed by atoms with E-state index in [1.165, 1.54) is 36.4 Å². The van der Waals surface area contributed by atoms with Crippen LogP contribution in [-0.4, -0.2) is 32.0 Å². The summed E-state index contributed by atoms with van der Waals surface area (Å²) in [5.41, 5.74) is 1.21. The first kappa shape index (κ1) is 13.3. The van der Waals surface area contributed by atoms with Gasteiger partial charge in [0.05, 0.1) is 11.3 Å². The number of hydrogen-bond acceptors (Lipinski definition) is 5. The zero-order chi connectivity index (χ0) is 14.1. The lowest BCUT2D eigenvalue weighted by Gasteiger charge is -2.27. The molecule has 2 aromatic rings. The highest BCUT2D eigenvalue weighted by Gasteiger charge is 2.29. The summed E-state index contributed by atoms with van der Waals surface area (Å²) in [6.07, 6.45) is 7.56. The fraction of sp³-hybridized carbons (Fsp3) is 0.533. The van der Waals surface area contributed by atoms with Crippen LogP contribution in [0.1, 0.15) is 47.8 Å². The quantitative estimate of drug-likeness (QED) is 0.922. The molecule has 0 bridgehead atoms. The maximum atomic E-state index is 4.53. The van der Waals surface area contributed by atoms with E-state index in [-0.39, 0.29) is 6.04 Å². The lowest BCUT2D eigenvalue weighted by Crippen LogP contribution is -2.35. The molecule has 4 heterocycles. The van der Waals surface area contributed by atoms with Gasteiger partial charge in [0.15, 0.2) is 5.82 Å². The van der Waals surface area contributed by atoms with Crippen LogP contribution in [-0.2, 0) is 6.54 Å². The highest BCUT2D eigenvalue weighted by atomic mass is 32.2. The second kappa shape index (κ2) is 5.77. The molecule has 0 spiro atoms.